The van der Waals surface area contributed by atoms with Gasteiger partial charge in [0.05, 0.1) is 18.6 Å². The third-order valence-corrected chi connectivity index (χ3v) is 2.44. The number of hydrogen-bond acceptors (Lipinski definition) is 4. The molecule has 4 nitrogen and oxygen atoms in total. The van der Waals surface area contributed by atoms with Crippen LogP contribution >= 0.6 is 12.4 Å². The fourth-order valence-electron chi connectivity index (χ4n) is 1.69. The number of carbonyl (C=O) groups is 1. The van der Waals surface area contributed by atoms with Crippen molar-refractivity contribution in [3.8, 4) is 0 Å². The summed E-state index contributed by atoms with van der Waals surface area (Å²) >= 11 is 0. The average molecular weight is 224 g/mol. The fourth-order valence-corrected chi connectivity index (χ4v) is 1.69. The average Bonchev–Trinajstić information content (AvgIpc) is 2.09. The zero-order chi connectivity index (χ0) is 9.84. The minimum Gasteiger partial charge on any atom is -0.466 e. The van der Waals surface area contributed by atoms with Gasteiger partial charge in [0.15, 0.2) is 0 Å². The smallest absolute Gasteiger partial charge is 0.311 e. The minimum absolute atomic E-state index is 0. The molecular formula is C9H18ClNO3. The normalized spacial score (nSPS) is 31.8. The highest BCUT2D eigenvalue weighted by Crippen LogP contribution is 2.24. The summed E-state index contributed by atoms with van der Waals surface area (Å²) in [6.45, 7) is 2.12. The molecule has 84 valence electrons. The summed E-state index contributed by atoms with van der Waals surface area (Å²) in [6, 6.07) is 0.0257. The molecule has 14 heavy (non-hydrogen) atoms. The summed E-state index contributed by atoms with van der Waals surface area (Å²) in [5.74, 6) is -0.728. The van der Waals surface area contributed by atoms with Gasteiger partial charge < -0.3 is 15.6 Å². The number of hydrogen-bond donors (Lipinski definition) is 2. The first-order valence-corrected chi connectivity index (χ1v) is 4.75. The Morgan fingerprint density at radius 2 is 2.21 bits per heavy atom. The van der Waals surface area contributed by atoms with Crippen LogP contribution in [0.2, 0.25) is 0 Å². The van der Waals surface area contributed by atoms with E-state index in [-0.39, 0.29) is 24.4 Å². The molecule has 0 heterocycles. The van der Waals surface area contributed by atoms with Crippen molar-refractivity contribution in [2.45, 2.75) is 38.3 Å². The Balaban J connectivity index is 0.00000169. The first-order valence-electron chi connectivity index (χ1n) is 4.75. The third-order valence-electron chi connectivity index (χ3n) is 2.44. The number of ether oxygens (including phenoxy) is 1. The lowest BCUT2D eigenvalue weighted by Crippen LogP contribution is -2.40. The van der Waals surface area contributed by atoms with Gasteiger partial charge in [-0.3, -0.25) is 4.79 Å². The maximum absolute atomic E-state index is 11.3. The Bertz CT molecular complexity index is 189. The number of halogens is 1. The van der Waals surface area contributed by atoms with Crippen molar-refractivity contribution in [3.05, 3.63) is 0 Å². The first-order chi connectivity index (χ1) is 6.15. The molecule has 1 rings (SSSR count). The van der Waals surface area contributed by atoms with Crippen LogP contribution in [-0.2, 0) is 9.53 Å². The quantitative estimate of drug-likeness (QED) is 0.668. The van der Waals surface area contributed by atoms with E-state index in [1.165, 1.54) is 0 Å². The van der Waals surface area contributed by atoms with E-state index in [4.69, 9.17) is 10.5 Å². The molecule has 0 radical (unpaired) electrons. The van der Waals surface area contributed by atoms with E-state index in [1.807, 2.05) is 0 Å². The first kappa shape index (κ1) is 13.7. The molecule has 3 unspecified atom stereocenters. The number of esters is 1. The Kier molecular flexibility index (Phi) is 6.08. The largest absolute Gasteiger partial charge is 0.466 e. The number of nitrogens with two attached hydrogens (primary N) is 1. The van der Waals surface area contributed by atoms with E-state index in [1.54, 1.807) is 6.92 Å². The van der Waals surface area contributed by atoms with Gasteiger partial charge in [-0.25, -0.2) is 0 Å². The second-order valence-electron chi connectivity index (χ2n) is 3.50. The Hall–Kier alpha value is -0.320. The molecule has 1 aliphatic rings. The molecule has 0 spiro atoms. The van der Waals surface area contributed by atoms with E-state index in [2.05, 4.69) is 0 Å². The highest BCUT2D eigenvalue weighted by molar-refractivity contribution is 5.85. The summed E-state index contributed by atoms with van der Waals surface area (Å²) in [4.78, 5) is 11.3. The van der Waals surface area contributed by atoms with E-state index >= 15 is 0 Å². The van der Waals surface area contributed by atoms with Gasteiger partial charge in [0, 0.05) is 6.04 Å². The molecule has 0 aromatic heterocycles. The van der Waals surface area contributed by atoms with Crippen molar-refractivity contribution in [3.63, 3.8) is 0 Å². The van der Waals surface area contributed by atoms with E-state index in [0.717, 1.165) is 6.42 Å². The van der Waals surface area contributed by atoms with Crippen molar-refractivity contribution < 1.29 is 14.6 Å². The molecule has 0 bridgehead atoms. The minimum atomic E-state index is -0.571. The summed E-state index contributed by atoms with van der Waals surface area (Å²) in [7, 11) is 0. The zero-order valence-electron chi connectivity index (χ0n) is 8.31. The Morgan fingerprint density at radius 1 is 1.57 bits per heavy atom. The molecule has 1 fully saturated rings. The van der Waals surface area contributed by atoms with Crippen LogP contribution < -0.4 is 5.73 Å². The molecule has 5 heteroatoms. The van der Waals surface area contributed by atoms with E-state index < -0.39 is 12.0 Å². The lowest BCUT2D eigenvalue weighted by molar-refractivity contribution is -0.154. The SMILES string of the molecule is CCOC(=O)C1CC(N)CCC1O.Cl. The maximum Gasteiger partial charge on any atom is 0.311 e. The monoisotopic (exact) mass is 223 g/mol. The molecule has 1 aliphatic carbocycles. The van der Waals surface area contributed by atoms with Crippen molar-refractivity contribution in [2.24, 2.45) is 11.7 Å². The molecule has 0 aromatic rings. The topological polar surface area (TPSA) is 72.5 Å². The van der Waals surface area contributed by atoms with Gasteiger partial charge in [-0.05, 0) is 26.2 Å². The molecule has 0 aliphatic heterocycles. The van der Waals surface area contributed by atoms with Crippen LogP contribution in [0.4, 0.5) is 0 Å². The van der Waals surface area contributed by atoms with Gasteiger partial charge in [-0.2, -0.15) is 0 Å². The molecule has 0 saturated heterocycles. The number of rotatable bonds is 2. The van der Waals surface area contributed by atoms with Crippen LogP contribution in [0, 0.1) is 5.92 Å². The second-order valence-corrected chi connectivity index (χ2v) is 3.50. The summed E-state index contributed by atoms with van der Waals surface area (Å²) in [5.41, 5.74) is 5.70. The standard InChI is InChI=1S/C9H17NO3.ClH/c1-2-13-9(12)7-5-6(10)3-4-8(7)11;/h6-8,11H,2-5,10H2,1H3;1H. The van der Waals surface area contributed by atoms with E-state index in [0.29, 0.717) is 19.4 Å². The van der Waals surface area contributed by atoms with Crippen molar-refractivity contribution in [2.75, 3.05) is 6.61 Å². The highest BCUT2D eigenvalue weighted by atomic mass is 35.5. The zero-order valence-corrected chi connectivity index (χ0v) is 9.13. The lowest BCUT2D eigenvalue weighted by atomic mass is 9.84. The molecule has 3 N–H and O–H groups in total. The fraction of sp³-hybridized carbons (Fsp3) is 0.889. The van der Waals surface area contributed by atoms with Crippen LogP contribution in [0.15, 0.2) is 0 Å². The van der Waals surface area contributed by atoms with Crippen LogP contribution in [0.25, 0.3) is 0 Å². The lowest BCUT2D eigenvalue weighted by Gasteiger charge is -2.29. The van der Waals surface area contributed by atoms with Gasteiger partial charge in [-0.1, -0.05) is 0 Å². The van der Waals surface area contributed by atoms with Crippen LogP contribution in [0.1, 0.15) is 26.2 Å². The maximum atomic E-state index is 11.3. The second kappa shape index (κ2) is 6.22. The highest BCUT2D eigenvalue weighted by Gasteiger charge is 2.33. The number of aliphatic hydroxyl groups excluding tert-OH is 1. The van der Waals surface area contributed by atoms with Crippen LogP contribution in [0.5, 0.6) is 0 Å². The number of aliphatic hydroxyl groups is 1. The summed E-state index contributed by atoms with van der Waals surface area (Å²) in [6.07, 6.45) is 1.36. The molecule has 0 aromatic carbocycles. The molecular weight excluding hydrogens is 206 g/mol. The number of carbonyl (C=O) groups excluding carboxylic acids is 1. The van der Waals surface area contributed by atoms with Gasteiger partial charge in [0.25, 0.3) is 0 Å². The van der Waals surface area contributed by atoms with E-state index in [9.17, 15) is 9.90 Å². The van der Waals surface area contributed by atoms with Gasteiger partial charge in [-0.15, -0.1) is 12.4 Å². The molecule has 3 atom stereocenters. The molecule has 1 saturated carbocycles. The van der Waals surface area contributed by atoms with Crippen molar-refractivity contribution >= 4 is 18.4 Å². The van der Waals surface area contributed by atoms with Crippen LogP contribution in [-0.4, -0.2) is 29.8 Å². The van der Waals surface area contributed by atoms with Crippen LogP contribution in [0.3, 0.4) is 0 Å². The Labute approximate surface area is 90.2 Å². The van der Waals surface area contributed by atoms with Crippen molar-refractivity contribution in [1.29, 1.82) is 0 Å². The molecule has 0 amide bonds. The Morgan fingerprint density at radius 3 is 2.79 bits per heavy atom. The van der Waals surface area contributed by atoms with Crippen molar-refractivity contribution in [1.82, 2.24) is 0 Å². The third kappa shape index (κ3) is 3.44. The summed E-state index contributed by atoms with van der Waals surface area (Å²) < 4.78 is 4.85. The van der Waals surface area contributed by atoms with Gasteiger partial charge in [0.2, 0.25) is 0 Å². The van der Waals surface area contributed by atoms with Gasteiger partial charge >= 0.3 is 5.97 Å². The predicted molar refractivity (Wildman–Crippen MR) is 55.2 cm³/mol. The summed E-state index contributed by atoms with van der Waals surface area (Å²) in [5, 5.41) is 9.53. The van der Waals surface area contributed by atoms with Gasteiger partial charge in [0.1, 0.15) is 0 Å². The predicted octanol–water partition coefficient (Wildman–Crippen LogP) is 0.460.